The van der Waals surface area contributed by atoms with Gasteiger partial charge in [-0.25, -0.2) is 0 Å². The molecule has 1 fully saturated rings. The van der Waals surface area contributed by atoms with Gasteiger partial charge in [-0.1, -0.05) is 18.2 Å². The molecule has 106 valence electrons. The van der Waals surface area contributed by atoms with Crippen LogP contribution in [0.3, 0.4) is 0 Å². The lowest BCUT2D eigenvalue weighted by atomic mass is 10.1. The van der Waals surface area contributed by atoms with Gasteiger partial charge in [0.15, 0.2) is 5.78 Å². The second-order valence-corrected chi connectivity index (χ2v) is 6.61. The number of aryl methyl sites for hydroxylation is 1. The van der Waals surface area contributed by atoms with Crippen LogP contribution in [0, 0.1) is 6.92 Å². The average molecular weight is 288 g/mol. The van der Waals surface area contributed by atoms with Crippen LogP contribution < -0.4 is 0 Å². The van der Waals surface area contributed by atoms with Gasteiger partial charge < -0.3 is 4.90 Å². The first-order valence-corrected chi connectivity index (χ1v) is 7.89. The smallest absolute Gasteiger partial charge is 0.187 e. The fraction of sp³-hybridized carbons (Fsp3) is 0.438. The molecule has 0 atom stereocenters. The van der Waals surface area contributed by atoms with Crippen molar-refractivity contribution in [3.63, 3.8) is 0 Å². The highest BCUT2D eigenvalue weighted by Gasteiger charge is 2.20. The Labute approximate surface area is 123 Å². The maximum atomic E-state index is 12.5. The minimum Gasteiger partial charge on any atom is -0.304 e. The first kappa shape index (κ1) is 13.7. The van der Waals surface area contributed by atoms with Crippen LogP contribution in [0.25, 0.3) is 10.1 Å². The van der Waals surface area contributed by atoms with Crippen molar-refractivity contribution in [2.45, 2.75) is 6.92 Å². The molecule has 1 aliphatic rings. The van der Waals surface area contributed by atoms with Crippen LogP contribution in [0.5, 0.6) is 0 Å². The number of rotatable bonds is 3. The van der Waals surface area contributed by atoms with Gasteiger partial charge >= 0.3 is 0 Å². The third kappa shape index (κ3) is 2.64. The van der Waals surface area contributed by atoms with Gasteiger partial charge in [0.05, 0.1) is 11.4 Å². The van der Waals surface area contributed by atoms with E-state index in [1.54, 1.807) is 11.3 Å². The molecule has 0 radical (unpaired) electrons. The maximum absolute atomic E-state index is 12.5. The lowest BCUT2D eigenvalue weighted by molar-refractivity contribution is 0.0880. The SMILES string of the molecule is Cc1c(C(=O)CN2CCN(C)CC2)sc2ccccc12. The van der Waals surface area contributed by atoms with E-state index in [0.717, 1.165) is 36.6 Å². The minimum atomic E-state index is 0.272. The number of fused-ring (bicyclic) bond motifs is 1. The topological polar surface area (TPSA) is 23.6 Å². The van der Waals surface area contributed by atoms with Crippen molar-refractivity contribution < 1.29 is 4.79 Å². The maximum Gasteiger partial charge on any atom is 0.187 e. The lowest BCUT2D eigenvalue weighted by Gasteiger charge is -2.31. The van der Waals surface area contributed by atoms with Crippen LogP contribution in [-0.4, -0.2) is 55.4 Å². The number of nitrogens with zero attached hydrogens (tertiary/aromatic N) is 2. The number of carbonyl (C=O) groups is 1. The van der Waals surface area contributed by atoms with E-state index in [-0.39, 0.29) is 5.78 Å². The summed E-state index contributed by atoms with van der Waals surface area (Å²) in [5, 5.41) is 1.22. The van der Waals surface area contributed by atoms with Crippen LogP contribution >= 0.6 is 11.3 Å². The molecule has 0 N–H and O–H groups in total. The van der Waals surface area contributed by atoms with Crippen molar-refractivity contribution >= 4 is 27.2 Å². The van der Waals surface area contributed by atoms with Gasteiger partial charge in [0.2, 0.25) is 0 Å². The Morgan fingerprint density at radius 3 is 2.60 bits per heavy atom. The summed E-state index contributed by atoms with van der Waals surface area (Å²) in [5.41, 5.74) is 1.14. The van der Waals surface area contributed by atoms with Crippen molar-refractivity contribution in [3.8, 4) is 0 Å². The Hall–Kier alpha value is -1.23. The standard InChI is InChI=1S/C16H20N2OS/c1-12-13-5-3-4-6-15(13)20-16(12)14(19)11-18-9-7-17(2)8-10-18/h3-6H,7-11H2,1-2H3. The molecule has 0 aliphatic carbocycles. The fourth-order valence-electron chi connectivity index (χ4n) is 2.72. The van der Waals surface area contributed by atoms with E-state index in [9.17, 15) is 4.79 Å². The van der Waals surface area contributed by atoms with Crippen molar-refractivity contribution in [1.82, 2.24) is 9.80 Å². The Balaban J connectivity index is 1.77. The molecule has 1 aromatic carbocycles. The average Bonchev–Trinajstić information content (AvgIpc) is 2.79. The van der Waals surface area contributed by atoms with Crippen LogP contribution in [0.4, 0.5) is 0 Å². The third-order valence-electron chi connectivity index (χ3n) is 4.06. The van der Waals surface area contributed by atoms with Crippen LogP contribution in [0.1, 0.15) is 15.2 Å². The number of hydrogen-bond acceptors (Lipinski definition) is 4. The molecule has 1 aliphatic heterocycles. The van der Waals surface area contributed by atoms with E-state index >= 15 is 0 Å². The Morgan fingerprint density at radius 2 is 1.90 bits per heavy atom. The largest absolute Gasteiger partial charge is 0.304 e. The summed E-state index contributed by atoms with van der Waals surface area (Å²) in [6, 6.07) is 8.28. The second-order valence-electron chi connectivity index (χ2n) is 5.55. The van der Waals surface area contributed by atoms with Gasteiger partial charge in [0.1, 0.15) is 0 Å². The zero-order valence-electron chi connectivity index (χ0n) is 12.1. The summed E-state index contributed by atoms with van der Waals surface area (Å²) in [6.45, 7) is 6.72. The highest BCUT2D eigenvalue weighted by molar-refractivity contribution is 7.21. The molecular weight excluding hydrogens is 268 g/mol. The highest BCUT2D eigenvalue weighted by atomic mass is 32.1. The molecule has 2 heterocycles. The summed E-state index contributed by atoms with van der Waals surface area (Å²) < 4.78 is 1.21. The van der Waals surface area contributed by atoms with Crippen LogP contribution in [-0.2, 0) is 0 Å². The van der Waals surface area contributed by atoms with Crippen molar-refractivity contribution in [1.29, 1.82) is 0 Å². The summed E-state index contributed by atoms with van der Waals surface area (Å²) in [4.78, 5) is 18.1. The molecule has 3 nitrogen and oxygen atoms in total. The number of piperazine rings is 1. The molecule has 1 aromatic heterocycles. The number of hydrogen-bond donors (Lipinski definition) is 0. The predicted molar refractivity (Wildman–Crippen MR) is 84.8 cm³/mol. The van der Waals surface area contributed by atoms with Crippen molar-refractivity contribution in [2.24, 2.45) is 0 Å². The zero-order chi connectivity index (χ0) is 14.1. The molecule has 4 heteroatoms. The van der Waals surface area contributed by atoms with E-state index in [0.29, 0.717) is 6.54 Å². The molecule has 0 saturated carbocycles. The van der Waals surface area contributed by atoms with Gasteiger partial charge in [-0.2, -0.15) is 0 Å². The first-order valence-electron chi connectivity index (χ1n) is 7.07. The zero-order valence-corrected chi connectivity index (χ0v) is 12.9. The number of thiophene rings is 1. The van der Waals surface area contributed by atoms with Crippen molar-refractivity contribution in [3.05, 3.63) is 34.7 Å². The van der Waals surface area contributed by atoms with Gasteiger partial charge in [-0.15, -0.1) is 11.3 Å². The Morgan fingerprint density at radius 1 is 1.20 bits per heavy atom. The molecule has 3 rings (SSSR count). The molecular formula is C16H20N2OS. The number of ketones is 1. The molecule has 0 spiro atoms. The van der Waals surface area contributed by atoms with Gasteiger partial charge in [-0.3, -0.25) is 9.69 Å². The van der Waals surface area contributed by atoms with E-state index in [2.05, 4.69) is 35.9 Å². The normalized spacial score (nSPS) is 17.7. The Bertz CT molecular complexity index is 626. The van der Waals surface area contributed by atoms with Crippen molar-refractivity contribution in [2.75, 3.05) is 39.8 Å². The molecule has 0 amide bonds. The first-order chi connectivity index (χ1) is 9.65. The van der Waals surface area contributed by atoms with E-state index in [4.69, 9.17) is 0 Å². The Kier molecular flexibility index (Phi) is 3.87. The quantitative estimate of drug-likeness (QED) is 0.811. The fourth-order valence-corrected chi connectivity index (χ4v) is 3.86. The number of likely N-dealkylation sites (N-methyl/N-ethyl adjacent to an activating group) is 1. The van der Waals surface area contributed by atoms with Gasteiger partial charge in [0.25, 0.3) is 0 Å². The number of Topliss-reactive ketones (excluding diaryl/α,β-unsaturated/α-hetero) is 1. The second kappa shape index (κ2) is 5.64. The summed E-state index contributed by atoms with van der Waals surface area (Å²) in [5.74, 6) is 0.272. The third-order valence-corrected chi connectivity index (χ3v) is 5.37. The highest BCUT2D eigenvalue weighted by Crippen LogP contribution is 2.30. The number of benzene rings is 1. The molecule has 1 saturated heterocycles. The monoisotopic (exact) mass is 288 g/mol. The molecule has 20 heavy (non-hydrogen) atoms. The van der Waals surface area contributed by atoms with Crippen LogP contribution in [0.15, 0.2) is 24.3 Å². The molecule has 2 aromatic rings. The molecule has 0 bridgehead atoms. The van der Waals surface area contributed by atoms with Crippen LogP contribution in [0.2, 0.25) is 0 Å². The van der Waals surface area contributed by atoms with E-state index < -0.39 is 0 Å². The van der Waals surface area contributed by atoms with E-state index in [1.165, 1.54) is 10.1 Å². The van der Waals surface area contributed by atoms with Gasteiger partial charge in [0, 0.05) is 30.9 Å². The summed E-state index contributed by atoms with van der Waals surface area (Å²) in [6.07, 6.45) is 0. The van der Waals surface area contributed by atoms with Gasteiger partial charge in [-0.05, 0) is 31.0 Å². The molecule has 0 unspecified atom stereocenters. The van der Waals surface area contributed by atoms with E-state index in [1.807, 2.05) is 12.1 Å². The summed E-state index contributed by atoms with van der Waals surface area (Å²) in [7, 11) is 2.13. The predicted octanol–water partition coefficient (Wildman–Crippen LogP) is 2.64. The summed E-state index contributed by atoms with van der Waals surface area (Å²) >= 11 is 1.63. The lowest BCUT2D eigenvalue weighted by Crippen LogP contribution is -2.46. The number of carbonyl (C=O) groups excluding carboxylic acids is 1. The minimum absolute atomic E-state index is 0.272.